The lowest BCUT2D eigenvalue weighted by atomic mass is 9.84. The van der Waals surface area contributed by atoms with Crippen LogP contribution in [0.15, 0.2) is 24.3 Å². The van der Waals surface area contributed by atoms with Gasteiger partial charge in [0, 0.05) is 63.8 Å². The maximum absolute atomic E-state index is 12.7. The maximum atomic E-state index is 12.7. The van der Waals surface area contributed by atoms with Crippen LogP contribution < -0.4 is 9.62 Å². The number of aromatic nitrogens is 1. The Morgan fingerprint density at radius 3 is 2.41 bits per heavy atom. The second-order valence-corrected chi connectivity index (χ2v) is 12.7. The molecule has 3 heterocycles. The van der Waals surface area contributed by atoms with Gasteiger partial charge in [-0.2, -0.15) is 21.8 Å². The van der Waals surface area contributed by atoms with Crippen molar-refractivity contribution in [2.75, 3.05) is 70.9 Å². The normalized spacial score (nSPS) is 26.3. The average molecular weight is 507 g/mol. The summed E-state index contributed by atoms with van der Waals surface area (Å²) >= 11 is 1.60. The summed E-state index contributed by atoms with van der Waals surface area (Å²) in [5.41, 5.74) is 0. The molecule has 0 unspecified atom stereocenters. The number of likely N-dealkylation sites (N-methyl/N-ethyl adjacent to an activating group) is 1. The van der Waals surface area contributed by atoms with Crippen LogP contribution in [0.4, 0.5) is 5.82 Å². The summed E-state index contributed by atoms with van der Waals surface area (Å²) in [7, 11) is -1.31. The number of hydrogen-bond acceptors (Lipinski definition) is 7. The van der Waals surface area contributed by atoms with E-state index in [1.807, 2.05) is 7.05 Å². The predicted octanol–water partition coefficient (Wildman–Crippen LogP) is 2.45. The molecule has 5 rings (SSSR count). The smallest absolute Gasteiger partial charge is 0.279 e. The lowest BCUT2D eigenvalue weighted by Crippen LogP contribution is -2.53. The van der Waals surface area contributed by atoms with Crippen molar-refractivity contribution in [1.29, 1.82) is 0 Å². The topological polar surface area (TPSA) is 72.0 Å². The molecule has 1 saturated carbocycles. The summed E-state index contributed by atoms with van der Waals surface area (Å²) in [6.45, 7) is 8.19. The number of nitrogens with zero attached hydrogens (tertiary/aromatic N) is 5. The van der Waals surface area contributed by atoms with Crippen LogP contribution in [0.2, 0.25) is 0 Å². The largest absolute Gasteiger partial charge is 0.353 e. The van der Waals surface area contributed by atoms with Crippen molar-refractivity contribution in [3.05, 3.63) is 24.3 Å². The van der Waals surface area contributed by atoms with Crippen LogP contribution in [0.1, 0.15) is 32.1 Å². The quantitative estimate of drug-likeness (QED) is 0.622. The number of piperazine rings is 2. The van der Waals surface area contributed by atoms with Gasteiger partial charge >= 0.3 is 0 Å². The molecule has 3 aliphatic rings. The molecule has 0 amide bonds. The van der Waals surface area contributed by atoms with Crippen LogP contribution in [0.3, 0.4) is 0 Å². The number of anilines is 1. The van der Waals surface area contributed by atoms with Crippen LogP contribution in [0, 0.1) is 5.92 Å². The minimum absolute atomic E-state index is 0.0948. The highest BCUT2D eigenvalue weighted by Crippen LogP contribution is 2.31. The molecule has 8 nitrogen and oxygen atoms in total. The first kappa shape index (κ1) is 24.4. The van der Waals surface area contributed by atoms with Gasteiger partial charge < -0.3 is 9.80 Å². The van der Waals surface area contributed by atoms with E-state index >= 15 is 0 Å². The van der Waals surface area contributed by atoms with Crippen molar-refractivity contribution >= 4 is 37.6 Å². The fraction of sp³-hybridized carbons (Fsp3) is 0.708. The second kappa shape index (κ2) is 10.8. The monoisotopic (exact) mass is 506 g/mol. The van der Waals surface area contributed by atoms with E-state index < -0.39 is 10.2 Å². The third-order valence-corrected chi connectivity index (χ3v) is 10.3. The molecule has 1 N–H and O–H groups in total. The Hall–Kier alpha value is -1.30. The van der Waals surface area contributed by atoms with E-state index in [-0.39, 0.29) is 6.04 Å². The van der Waals surface area contributed by atoms with Gasteiger partial charge in [0.1, 0.15) is 5.82 Å². The molecule has 10 heteroatoms. The van der Waals surface area contributed by atoms with Gasteiger partial charge in [-0.05, 0) is 75.3 Å². The van der Waals surface area contributed by atoms with E-state index in [2.05, 4.69) is 43.7 Å². The molecule has 0 spiro atoms. The molecule has 2 aromatic rings. The first-order valence-electron chi connectivity index (χ1n) is 12.8. The Balaban J connectivity index is 1.02. The van der Waals surface area contributed by atoms with Gasteiger partial charge in [0.05, 0.1) is 4.70 Å². The van der Waals surface area contributed by atoms with Crippen molar-refractivity contribution < 1.29 is 8.42 Å². The SMILES string of the molecule is CN1CCN(S(=O)(=O)NC2CCC(CCN3CCN(c4nsc5ccccc45)CC3)CC2)CC1. The van der Waals surface area contributed by atoms with E-state index in [0.29, 0.717) is 19.0 Å². The van der Waals surface area contributed by atoms with Crippen LogP contribution in [0.5, 0.6) is 0 Å². The third kappa shape index (κ3) is 5.74. The predicted molar refractivity (Wildman–Crippen MR) is 140 cm³/mol. The fourth-order valence-corrected chi connectivity index (χ4v) is 7.78. The lowest BCUT2D eigenvalue weighted by molar-refractivity contribution is 0.209. The zero-order valence-corrected chi connectivity index (χ0v) is 21.9. The van der Waals surface area contributed by atoms with E-state index in [1.54, 1.807) is 15.8 Å². The summed E-state index contributed by atoms with van der Waals surface area (Å²) in [6.07, 6.45) is 5.39. The highest BCUT2D eigenvalue weighted by atomic mass is 32.2. The van der Waals surface area contributed by atoms with Crippen molar-refractivity contribution in [3.8, 4) is 0 Å². The minimum atomic E-state index is -3.35. The van der Waals surface area contributed by atoms with E-state index in [4.69, 9.17) is 4.37 Å². The molecular formula is C24H38N6O2S2. The molecule has 1 aromatic heterocycles. The summed E-state index contributed by atoms with van der Waals surface area (Å²) in [6, 6.07) is 8.61. The van der Waals surface area contributed by atoms with Gasteiger partial charge in [-0.25, -0.2) is 0 Å². The highest BCUT2D eigenvalue weighted by molar-refractivity contribution is 7.87. The van der Waals surface area contributed by atoms with E-state index in [9.17, 15) is 8.42 Å². The van der Waals surface area contributed by atoms with Gasteiger partial charge in [-0.15, -0.1) is 0 Å². The molecule has 2 aliphatic heterocycles. The maximum Gasteiger partial charge on any atom is 0.279 e. The zero-order chi connectivity index (χ0) is 23.5. The van der Waals surface area contributed by atoms with Crippen molar-refractivity contribution in [2.45, 2.75) is 38.1 Å². The molecule has 3 fully saturated rings. The van der Waals surface area contributed by atoms with Crippen molar-refractivity contribution in [3.63, 3.8) is 0 Å². The Bertz CT molecular complexity index is 1040. The molecule has 34 heavy (non-hydrogen) atoms. The summed E-state index contributed by atoms with van der Waals surface area (Å²) < 4.78 is 36.1. The third-order valence-electron chi connectivity index (χ3n) is 7.85. The molecule has 0 radical (unpaired) electrons. The Morgan fingerprint density at radius 1 is 0.971 bits per heavy atom. The number of benzene rings is 1. The van der Waals surface area contributed by atoms with Gasteiger partial charge in [-0.3, -0.25) is 4.90 Å². The number of nitrogens with one attached hydrogen (secondary N) is 1. The van der Waals surface area contributed by atoms with Crippen LogP contribution in [-0.4, -0.2) is 98.9 Å². The van der Waals surface area contributed by atoms with Gasteiger partial charge in [-0.1, -0.05) is 12.1 Å². The molecule has 0 atom stereocenters. The van der Waals surface area contributed by atoms with Gasteiger partial charge in [0.25, 0.3) is 10.2 Å². The first-order valence-corrected chi connectivity index (χ1v) is 15.0. The zero-order valence-electron chi connectivity index (χ0n) is 20.2. The molecule has 1 aliphatic carbocycles. The minimum Gasteiger partial charge on any atom is -0.353 e. The van der Waals surface area contributed by atoms with Crippen LogP contribution >= 0.6 is 11.5 Å². The molecule has 1 aromatic carbocycles. The second-order valence-electron chi connectivity index (χ2n) is 10.2. The fourth-order valence-electron chi connectivity index (χ4n) is 5.53. The summed E-state index contributed by atoms with van der Waals surface area (Å²) in [4.78, 5) is 7.21. The molecule has 188 valence electrons. The lowest BCUT2D eigenvalue weighted by Gasteiger charge is -2.37. The average Bonchev–Trinajstić information content (AvgIpc) is 3.28. The first-order chi connectivity index (χ1) is 16.5. The molecule has 2 saturated heterocycles. The summed E-state index contributed by atoms with van der Waals surface area (Å²) in [5, 5.41) is 1.28. The van der Waals surface area contributed by atoms with Gasteiger partial charge in [0.15, 0.2) is 0 Å². The van der Waals surface area contributed by atoms with E-state index in [1.165, 1.54) is 16.5 Å². The van der Waals surface area contributed by atoms with Crippen LogP contribution in [0.25, 0.3) is 10.1 Å². The van der Waals surface area contributed by atoms with Crippen molar-refractivity contribution in [2.24, 2.45) is 5.92 Å². The molecular weight excluding hydrogens is 468 g/mol. The number of rotatable bonds is 7. The Morgan fingerprint density at radius 2 is 1.68 bits per heavy atom. The highest BCUT2D eigenvalue weighted by Gasteiger charge is 2.30. The summed E-state index contributed by atoms with van der Waals surface area (Å²) in [5.74, 6) is 1.86. The number of fused-ring (bicyclic) bond motifs is 1. The Kier molecular flexibility index (Phi) is 7.72. The number of hydrogen-bond donors (Lipinski definition) is 1. The standard InChI is InChI=1S/C24H38N6O2S2/c1-27-12-18-30(19-13-27)34(31,32)26-21-8-6-20(7-9-21)10-11-28-14-16-29(17-15-28)24-22-4-2-3-5-23(22)33-25-24/h2-5,20-21,26H,6-19H2,1H3. The van der Waals surface area contributed by atoms with Gasteiger partial charge in [0.2, 0.25) is 0 Å². The Labute approximate surface area is 208 Å². The van der Waals surface area contributed by atoms with Crippen molar-refractivity contribution in [1.82, 2.24) is 23.2 Å². The van der Waals surface area contributed by atoms with E-state index in [0.717, 1.165) is 77.3 Å². The molecule has 0 bridgehead atoms. The van der Waals surface area contributed by atoms with Crippen LogP contribution in [-0.2, 0) is 10.2 Å².